The Balaban J connectivity index is 1.54. The standard InChI is InChI=1S/C20H23NO4/c1-3-16(25-17-9-5-4-8-14(17)2)20(22)21-12-15-13-23-18-10-6-7-11-19(18)24-15/h4-11,15-16H,3,12-13H2,1-2H3,(H,21,22). The highest BCUT2D eigenvalue weighted by atomic mass is 16.6. The summed E-state index contributed by atoms with van der Waals surface area (Å²) in [7, 11) is 0. The molecule has 1 heterocycles. The van der Waals surface area contributed by atoms with Gasteiger partial charge in [0.2, 0.25) is 0 Å². The van der Waals surface area contributed by atoms with E-state index in [1.807, 2.05) is 62.4 Å². The number of hydrogen-bond donors (Lipinski definition) is 1. The number of para-hydroxylation sites is 3. The first-order chi connectivity index (χ1) is 12.2. The molecule has 5 heteroatoms. The van der Waals surface area contributed by atoms with Crippen LogP contribution < -0.4 is 19.5 Å². The molecule has 1 aliphatic heterocycles. The lowest BCUT2D eigenvalue weighted by Crippen LogP contribution is -2.45. The Bertz CT molecular complexity index is 731. The van der Waals surface area contributed by atoms with E-state index in [1.54, 1.807) is 0 Å². The summed E-state index contributed by atoms with van der Waals surface area (Å²) in [5, 5.41) is 2.90. The normalized spacial score (nSPS) is 16.8. The Morgan fingerprint density at radius 3 is 2.68 bits per heavy atom. The van der Waals surface area contributed by atoms with Gasteiger partial charge in [-0.25, -0.2) is 0 Å². The molecule has 132 valence electrons. The topological polar surface area (TPSA) is 56.8 Å². The predicted molar refractivity (Wildman–Crippen MR) is 95.2 cm³/mol. The number of aryl methyl sites for hydroxylation is 1. The molecule has 3 rings (SSSR count). The van der Waals surface area contributed by atoms with E-state index in [0.29, 0.717) is 25.3 Å². The van der Waals surface area contributed by atoms with E-state index < -0.39 is 6.10 Å². The second kappa shape index (κ2) is 7.92. The van der Waals surface area contributed by atoms with Crippen molar-refractivity contribution < 1.29 is 19.0 Å². The summed E-state index contributed by atoms with van der Waals surface area (Å²) >= 11 is 0. The van der Waals surface area contributed by atoms with Crippen LogP contribution in [0.4, 0.5) is 0 Å². The fourth-order valence-corrected chi connectivity index (χ4v) is 2.66. The minimum Gasteiger partial charge on any atom is -0.486 e. The van der Waals surface area contributed by atoms with Gasteiger partial charge in [0.25, 0.3) is 5.91 Å². The smallest absolute Gasteiger partial charge is 0.261 e. The Kier molecular flexibility index (Phi) is 5.43. The van der Waals surface area contributed by atoms with Gasteiger partial charge in [0.15, 0.2) is 17.6 Å². The average molecular weight is 341 g/mol. The molecular weight excluding hydrogens is 318 g/mol. The van der Waals surface area contributed by atoms with E-state index in [-0.39, 0.29) is 12.0 Å². The summed E-state index contributed by atoms with van der Waals surface area (Å²) in [6.07, 6.45) is -0.155. The highest BCUT2D eigenvalue weighted by Crippen LogP contribution is 2.30. The molecule has 0 bridgehead atoms. The maximum Gasteiger partial charge on any atom is 0.261 e. The van der Waals surface area contributed by atoms with Crippen molar-refractivity contribution >= 4 is 5.91 Å². The van der Waals surface area contributed by atoms with Crippen molar-refractivity contribution in [3.8, 4) is 17.2 Å². The number of rotatable bonds is 6. The van der Waals surface area contributed by atoms with Crippen LogP contribution in [0.3, 0.4) is 0 Å². The number of benzene rings is 2. The van der Waals surface area contributed by atoms with Crippen molar-refractivity contribution in [2.24, 2.45) is 0 Å². The van der Waals surface area contributed by atoms with Crippen LogP contribution >= 0.6 is 0 Å². The number of amides is 1. The fraction of sp³-hybridized carbons (Fsp3) is 0.350. The predicted octanol–water partition coefficient (Wildman–Crippen LogP) is 3.11. The molecule has 0 aliphatic carbocycles. The van der Waals surface area contributed by atoms with Crippen LogP contribution in [0, 0.1) is 6.92 Å². The third-order valence-electron chi connectivity index (χ3n) is 4.10. The Labute approximate surface area is 147 Å². The molecule has 1 amide bonds. The van der Waals surface area contributed by atoms with Crippen LogP contribution in [0.5, 0.6) is 17.2 Å². The van der Waals surface area contributed by atoms with Crippen LogP contribution in [0.15, 0.2) is 48.5 Å². The molecule has 2 atom stereocenters. The van der Waals surface area contributed by atoms with Crippen LogP contribution in [0.2, 0.25) is 0 Å². The third-order valence-corrected chi connectivity index (χ3v) is 4.10. The molecule has 1 N–H and O–H groups in total. The molecule has 25 heavy (non-hydrogen) atoms. The molecule has 0 fully saturated rings. The maximum absolute atomic E-state index is 12.4. The number of carbonyl (C=O) groups excluding carboxylic acids is 1. The monoisotopic (exact) mass is 341 g/mol. The zero-order valence-corrected chi connectivity index (χ0v) is 14.5. The molecule has 0 saturated heterocycles. The second-order valence-electron chi connectivity index (χ2n) is 6.02. The number of ether oxygens (including phenoxy) is 3. The molecule has 0 saturated carbocycles. The lowest BCUT2D eigenvalue weighted by Gasteiger charge is -2.27. The van der Waals surface area contributed by atoms with Gasteiger partial charge in [-0.1, -0.05) is 37.3 Å². The van der Waals surface area contributed by atoms with Crippen molar-refractivity contribution in [2.45, 2.75) is 32.5 Å². The van der Waals surface area contributed by atoms with E-state index >= 15 is 0 Å². The van der Waals surface area contributed by atoms with Crippen LogP contribution in [0.25, 0.3) is 0 Å². The van der Waals surface area contributed by atoms with Gasteiger partial charge in [-0.15, -0.1) is 0 Å². The molecule has 2 unspecified atom stereocenters. The van der Waals surface area contributed by atoms with E-state index in [1.165, 1.54) is 0 Å². The highest BCUT2D eigenvalue weighted by Gasteiger charge is 2.24. The molecule has 2 aromatic carbocycles. The van der Waals surface area contributed by atoms with Crippen molar-refractivity contribution in [2.75, 3.05) is 13.2 Å². The summed E-state index contributed by atoms with van der Waals surface area (Å²) < 4.78 is 17.4. The molecule has 0 aromatic heterocycles. The Morgan fingerprint density at radius 2 is 1.92 bits per heavy atom. The zero-order chi connectivity index (χ0) is 17.6. The lowest BCUT2D eigenvalue weighted by atomic mass is 10.2. The van der Waals surface area contributed by atoms with Gasteiger partial charge < -0.3 is 19.5 Å². The van der Waals surface area contributed by atoms with Gasteiger partial charge in [-0.2, -0.15) is 0 Å². The van der Waals surface area contributed by atoms with Gasteiger partial charge in [0, 0.05) is 0 Å². The van der Waals surface area contributed by atoms with Gasteiger partial charge in [-0.3, -0.25) is 4.79 Å². The van der Waals surface area contributed by atoms with Crippen molar-refractivity contribution in [3.05, 3.63) is 54.1 Å². The molecule has 5 nitrogen and oxygen atoms in total. The van der Waals surface area contributed by atoms with E-state index in [9.17, 15) is 4.79 Å². The molecule has 0 spiro atoms. The van der Waals surface area contributed by atoms with E-state index in [4.69, 9.17) is 14.2 Å². The minimum atomic E-state index is -0.530. The Morgan fingerprint density at radius 1 is 1.20 bits per heavy atom. The van der Waals surface area contributed by atoms with E-state index in [2.05, 4.69) is 5.32 Å². The first kappa shape index (κ1) is 17.1. The molecule has 0 radical (unpaired) electrons. The van der Waals surface area contributed by atoms with Crippen molar-refractivity contribution in [1.82, 2.24) is 5.32 Å². The summed E-state index contributed by atoms with van der Waals surface area (Å²) in [5.41, 5.74) is 1.01. The molecular formula is C20H23NO4. The lowest BCUT2D eigenvalue weighted by molar-refractivity contribution is -0.128. The van der Waals surface area contributed by atoms with Crippen molar-refractivity contribution in [1.29, 1.82) is 0 Å². The van der Waals surface area contributed by atoms with Crippen molar-refractivity contribution in [3.63, 3.8) is 0 Å². The van der Waals surface area contributed by atoms with Crippen LogP contribution in [-0.4, -0.2) is 31.3 Å². The fourth-order valence-electron chi connectivity index (χ4n) is 2.66. The largest absolute Gasteiger partial charge is 0.486 e. The van der Waals surface area contributed by atoms with Gasteiger partial charge >= 0.3 is 0 Å². The quantitative estimate of drug-likeness (QED) is 0.877. The maximum atomic E-state index is 12.4. The molecule has 1 aliphatic rings. The second-order valence-corrected chi connectivity index (χ2v) is 6.02. The zero-order valence-electron chi connectivity index (χ0n) is 14.5. The summed E-state index contributed by atoms with van der Waals surface area (Å²) in [6.45, 7) is 4.68. The van der Waals surface area contributed by atoms with Crippen LogP contribution in [-0.2, 0) is 4.79 Å². The summed E-state index contributed by atoms with van der Waals surface area (Å²) in [5.74, 6) is 2.03. The summed E-state index contributed by atoms with van der Waals surface area (Å²) in [6, 6.07) is 15.2. The van der Waals surface area contributed by atoms with Gasteiger partial charge in [-0.05, 0) is 37.1 Å². The average Bonchev–Trinajstić information content (AvgIpc) is 2.65. The first-order valence-electron chi connectivity index (χ1n) is 8.56. The summed E-state index contributed by atoms with van der Waals surface area (Å²) in [4.78, 5) is 12.4. The number of hydrogen-bond acceptors (Lipinski definition) is 4. The molecule has 2 aromatic rings. The number of carbonyl (C=O) groups is 1. The number of nitrogens with one attached hydrogen (secondary N) is 1. The minimum absolute atomic E-state index is 0.145. The van der Waals surface area contributed by atoms with E-state index in [0.717, 1.165) is 17.1 Å². The van der Waals surface area contributed by atoms with Crippen LogP contribution in [0.1, 0.15) is 18.9 Å². The van der Waals surface area contributed by atoms with Gasteiger partial charge in [0.05, 0.1) is 6.54 Å². The highest BCUT2D eigenvalue weighted by molar-refractivity contribution is 5.81. The van der Waals surface area contributed by atoms with Gasteiger partial charge in [0.1, 0.15) is 18.5 Å². The first-order valence-corrected chi connectivity index (χ1v) is 8.56. The number of fused-ring (bicyclic) bond motifs is 1. The SMILES string of the molecule is CCC(Oc1ccccc1C)C(=O)NCC1COc2ccccc2O1. The third kappa shape index (κ3) is 4.24. The Hall–Kier alpha value is -2.69.